The molecular formula is C7H13NO4S. The number of hydrogen-bond donors (Lipinski definition) is 1. The van der Waals surface area contributed by atoms with Crippen LogP contribution in [0.5, 0.6) is 0 Å². The van der Waals surface area contributed by atoms with E-state index < -0.39 is 21.7 Å². The van der Waals surface area contributed by atoms with Crippen LogP contribution in [-0.4, -0.2) is 46.1 Å². The molecule has 0 saturated carbocycles. The first-order chi connectivity index (χ1) is 6.05. The lowest BCUT2D eigenvalue weighted by atomic mass is 10.2. The Hall–Kier alpha value is -0.620. The Morgan fingerprint density at radius 1 is 1.54 bits per heavy atom. The van der Waals surface area contributed by atoms with Gasteiger partial charge in [0, 0.05) is 13.1 Å². The average molecular weight is 207 g/mol. The topological polar surface area (TPSA) is 72.5 Å². The molecule has 13 heavy (non-hydrogen) atoms. The van der Waals surface area contributed by atoms with Crippen LogP contribution in [-0.2, 0) is 19.4 Å². The molecule has 0 aromatic heterocycles. The summed E-state index contributed by atoms with van der Waals surface area (Å²) >= 11 is 0. The molecule has 5 nitrogen and oxygen atoms in total. The van der Waals surface area contributed by atoms with Gasteiger partial charge >= 0.3 is 5.97 Å². The van der Waals surface area contributed by atoms with Gasteiger partial charge in [-0.2, -0.15) is 0 Å². The lowest BCUT2D eigenvalue weighted by molar-refractivity contribution is -0.144. The first-order valence-corrected chi connectivity index (χ1v) is 5.86. The molecule has 1 fully saturated rings. The maximum Gasteiger partial charge on any atom is 0.310 e. The van der Waals surface area contributed by atoms with E-state index in [4.69, 9.17) is 0 Å². The molecule has 0 amide bonds. The number of carbonyl (C=O) groups excluding carboxylic acids is 1. The number of nitrogens with one attached hydrogen (secondary N) is 1. The van der Waals surface area contributed by atoms with E-state index in [9.17, 15) is 13.2 Å². The van der Waals surface area contributed by atoms with Gasteiger partial charge in [0.15, 0.2) is 9.84 Å². The van der Waals surface area contributed by atoms with Crippen molar-refractivity contribution in [2.24, 2.45) is 5.92 Å². The molecule has 0 radical (unpaired) electrons. The van der Waals surface area contributed by atoms with Crippen LogP contribution in [0, 0.1) is 5.92 Å². The summed E-state index contributed by atoms with van der Waals surface area (Å²) in [5.74, 6) is -1.02. The fraction of sp³-hybridized carbons (Fsp3) is 0.857. The lowest BCUT2D eigenvalue weighted by Crippen LogP contribution is -2.30. The fourth-order valence-electron chi connectivity index (χ4n) is 1.27. The van der Waals surface area contributed by atoms with E-state index in [0.29, 0.717) is 13.1 Å². The summed E-state index contributed by atoms with van der Waals surface area (Å²) in [6.45, 7) is 0.793. The summed E-state index contributed by atoms with van der Waals surface area (Å²) in [4.78, 5) is 11.1. The van der Waals surface area contributed by atoms with Gasteiger partial charge in [0.2, 0.25) is 0 Å². The van der Waals surface area contributed by atoms with Crippen molar-refractivity contribution in [2.45, 2.75) is 0 Å². The highest BCUT2D eigenvalue weighted by Crippen LogP contribution is 2.07. The summed E-state index contributed by atoms with van der Waals surface area (Å²) in [5, 5.41) is 2.89. The zero-order chi connectivity index (χ0) is 9.90. The van der Waals surface area contributed by atoms with E-state index in [-0.39, 0.29) is 11.5 Å². The summed E-state index contributed by atoms with van der Waals surface area (Å²) in [5.41, 5.74) is 0. The van der Waals surface area contributed by atoms with Crippen molar-refractivity contribution >= 4 is 15.8 Å². The van der Waals surface area contributed by atoms with Crippen molar-refractivity contribution in [3.63, 3.8) is 0 Å². The van der Waals surface area contributed by atoms with E-state index in [1.54, 1.807) is 0 Å². The van der Waals surface area contributed by atoms with Crippen LogP contribution >= 0.6 is 0 Å². The second-order valence-electron chi connectivity index (χ2n) is 3.04. The van der Waals surface area contributed by atoms with Crippen molar-refractivity contribution in [2.75, 3.05) is 31.7 Å². The Bertz CT molecular complexity index is 285. The molecule has 0 aliphatic carbocycles. The smallest absolute Gasteiger partial charge is 0.310 e. The van der Waals surface area contributed by atoms with Gasteiger partial charge in [-0.05, 0) is 0 Å². The maximum atomic E-state index is 11.3. The molecule has 0 bridgehead atoms. The molecule has 6 heteroatoms. The van der Waals surface area contributed by atoms with Gasteiger partial charge < -0.3 is 10.1 Å². The zero-order valence-corrected chi connectivity index (χ0v) is 8.26. The van der Waals surface area contributed by atoms with Gasteiger partial charge in [0.05, 0.1) is 24.5 Å². The molecule has 0 aromatic rings. The maximum absolute atomic E-state index is 11.3. The molecule has 1 N–H and O–H groups in total. The number of esters is 1. The molecule has 76 valence electrons. The Labute approximate surface area is 77.4 Å². The third-order valence-electron chi connectivity index (χ3n) is 1.97. The summed E-state index contributed by atoms with van der Waals surface area (Å²) in [7, 11) is -1.82. The molecule has 1 aliphatic rings. The first kappa shape index (κ1) is 10.5. The molecule has 1 rings (SSSR count). The van der Waals surface area contributed by atoms with E-state index in [2.05, 4.69) is 10.1 Å². The van der Waals surface area contributed by atoms with Crippen LogP contribution in [0.4, 0.5) is 0 Å². The van der Waals surface area contributed by atoms with E-state index in [1.165, 1.54) is 7.11 Å². The Balaban J connectivity index is 2.71. The molecule has 1 aliphatic heterocycles. The minimum absolute atomic E-state index is 0.0977. The van der Waals surface area contributed by atoms with Crippen molar-refractivity contribution in [1.29, 1.82) is 0 Å². The second-order valence-corrected chi connectivity index (χ2v) is 5.27. The van der Waals surface area contributed by atoms with Crippen LogP contribution in [0.25, 0.3) is 0 Å². The molecule has 1 heterocycles. The van der Waals surface area contributed by atoms with Crippen LogP contribution in [0.3, 0.4) is 0 Å². The van der Waals surface area contributed by atoms with Crippen LogP contribution in [0.2, 0.25) is 0 Å². The third kappa shape index (κ3) is 2.96. The first-order valence-electron chi connectivity index (χ1n) is 4.04. The van der Waals surface area contributed by atoms with Crippen molar-refractivity contribution in [1.82, 2.24) is 5.32 Å². The van der Waals surface area contributed by atoms with Gasteiger partial charge in [-0.1, -0.05) is 0 Å². The number of sulfone groups is 1. The fourth-order valence-corrected chi connectivity index (χ4v) is 2.76. The highest BCUT2D eigenvalue weighted by molar-refractivity contribution is 7.91. The van der Waals surface area contributed by atoms with Crippen molar-refractivity contribution in [3.05, 3.63) is 0 Å². The Morgan fingerprint density at radius 3 is 2.85 bits per heavy atom. The third-order valence-corrected chi connectivity index (χ3v) is 3.71. The predicted octanol–water partition coefficient (Wildman–Crippen LogP) is -1.21. The monoisotopic (exact) mass is 207 g/mol. The van der Waals surface area contributed by atoms with Gasteiger partial charge in [-0.25, -0.2) is 8.42 Å². The van der Waals surface area contributed by atoms with Gasteiger partial charge in [-0.15, -0.1) is 0 Å². The number of methoxy groups -OCH3 is 1. The number of hydrogen-bond acceptors (Lipinski definition) is 5. The minimum Gasteiger partial charge on any atom is -0.469 e. The average Bonchev–Trinajstić information content (AvgIpc) is 2.25. The van der Waals surface area contributed by atoms with E-state index in [0.717, 1.165) is 0 Å². The van der Waals surface area contributed by atoms with Gasteiger partial charge in [0.25, 0.3) is 0 Å². The van der Waals surface area contributed by atoms with E-state index in [1.807, 2.05) is 0 Å². The van der Waals surface area contributed by atoms with Gasteiger partial charge in [0.1, 0.15) is 0 Å². The molecule has 0 aromatic carbocycles. The SMILES string of the molecule is COC(=O)[C@H]1CNCCS(=O)(=O)C1. The Kier molecular flexibility index (Phi) is 3.27. The minimum atomic E-state index is -3.09. The van der Waals surface area contributed by atoms with Crippen LogP contribution in [0.15, 0.2) is 0 Å². The molecule has 1 saturated heterocycles. The zero-order valence-electron chi connectivity index (χ0n) is 7.45. The quantitative estimate of drug-likeness (QED) is 0.546. The second kappa shape index (κ2) is 4.06. The standard InChI is InChI=1S/C7H13NO4S/c1-12-7(9)6-4-8-2-3-13(10,11)5-6/h6,8H,2-5H2,1H3/t6-/m0/s1. The molecule has 0 unspecified atom stereocenters. The van der Waals surface area contributed by atoms with Crippen LogP contribution < -0.4 is 5.32 Å². The van der Waals surface area contributed by atoms with Crippen molar-refractivity contribution in [3.8, 4) is 0 Å². The van der Waals surface area contributed by atoms with Crippen molar-refractivity contribution < 1.29 is 17.9 Å². The highest BCUT2D eigenvalue weighted by atomic mass is 32.2. The number of ether oxygens (including phenoxy) is 1. The summed E-state index contributed by atoms with van der Waals surface area (Å²) < 4.78 is 27.0. The van der Waals surface area contributed by atoms with E-state index >= 15 is 0 Å². The summed E-state index contributed by atoms with van der Waals surface area (Å²) in [6, 6.07) is 0. The summed E-state index contributed by atoms with van der Waals surface area (Å²) in [6.07, 6.45) is 0. The molecule has 0 spiro atoms. The van der Waals surface area contributed by atoms with Crippen LogP contribution in [0.1, 0.15) is 0 Å². The normalized spacial score (nSPS) is 27.6. The Morgan fingerprint density at radius 2 is 2.23 bits per heavy atom. The highest BCUT2D eigenvalue weighted by Gasteiger charge is 2.28. The molecular weight excluding hydrogens is 194 g/mol. The predicted molar refractivity (Wildman–Crippen MR) is 47.0 cm³/mol. The number of rotatable bonds is 1. The molecule has 1 atom stereocenters. The van der Waals surface area contributed by atoms with Gasteiger partial charge in [-0.3, -0.25) is 4.79 Å². The largest absolute Gasteiger partial charge is 0.469 e. The lowest BCUT2D eigenvalue weighted by Gasteiger charge is -2.09. The number of carbonyl (C=O) groups is 1.